The third kappa shape index (κ3) is 8.85. The number of hydrogen-bond donors (Lipinski definition) is 0. The van der Waals surface area contributed by atoms with Crippen LogP contribution in [0.3, 0.4) is 0 Å². The minimum absolute atomic E-state index is 0.00903. The first kappa shape index (κ1) is 33.7. The van der Waals surface area contributed by atoms with E-state index in [9.17, 15) is 40.7 Å². The van der Waals surface area contributed by atoms with Crippen molar-refractivity contribution in [3.05, 3.63) is 70.8 Å². The van der Waals surface area contributed by atoms with Crippen LogP contribution in [0.15, 0.2) is 48.5 Å². The number of hydrogen-bond acceptors (Lipinski definition) is 5. The van der Waals surface area contributed by atoms with E-state index in [2.05, 4.69) is 0 Å². The topological polar surface area (TPSA) is 73.4 Å². The number of carbonyl (C=O) groups excluding carboxylic acids is 3. The number of carbonyl (C=O) groups is 3. The third-order valence-electron chi connectivity index (χ3n) is 6.94. The largest absolute Gasteiger partial charge is 0.444 e. The normalized spacial score (nSPS) is 17.8. The lowest BCUT2D eigenvalue weighted by Crippen LogP contribution is -2.67. The third-order valence-corrected chi connectivity index (χ3v) is 6.94. The van der Waals surface area contributed by atoms with Gasteiger partial charge < -0.3 is 19.4 Å². The molecule has 2 aromatic carbocycles. The summed E-state index contributed by atoms with van der Waals surface area (Å²) in [6.45, 7) is 1.46. The summed E-state index contributed by atoms with van der Waals surface area (Å²) >= 11 is 0. The molecule has 0 spiro atoms. The second-order valence-corrected chi connectivity index (χ2v) is 10.5. The van der Waals surface area contributed by atoms with Crippen LogP contribution < -0.4 is 0 Å². The SMILES string of the molecule is CCCN(C(=O)OCc1cc(C(F)(F)F)cc(C(F)(F)F)c1)C1CN(Cc2ccccc2)C(=O)[C@H](CCN(C)C)N1C=O. The molecule has 43 heavy (non-hydrogen) atoms. The Morgan fingerprint density at radius 2 is 1.58 bits per heavy atom. The van der Waals surface area contributed by atoms with Gasteiger partial charge >= 0.3 is 18.4 Å². The molecule has 1 heterocycles. The maximum atomic E-state index is 13.5. The first-order chi connectivity index (χ1) is 20.1. The number of ether oxygens (including phenoxy) is 1. The van der Waals surface area contributed by atoms with Crippen LogP contribution in [0.25, 0.3) is 0 Å². The molecule has 0 saturated carbocycles. The molecule has 1 fully saturated rings. The molecule has 1 saturated heterocycles. The van der Waals surface area contributed by atoms with E-state index >= 15 is 0 Å². The predicted molar refractivity (Wildman–Crippen MR) is 144 cm³/mol. The average molecular weight is 617 g/mol. The van der Waals surface area contributed by atoms with E-state index < -0.39 is 54.0 Å². The van der Waals surface area contributed by atoms with Gasteiger partial charge in [-0.25, -0.2) is 4.79 Å². The van der Waals surface area contributed by atoms with Gasteiger partial charge in [0, 0.05) is 13.1 Å². The van der Waals surface area contributed by atoms with Crippen LogP contribution in [-0.2, 0) is 39.8 Å². The Bertz CT molecular complexity index is 1220. The highest BCUT2D eigenvalue weighted by Crippen LogP contribution is 2.36. The Balaban J connectivity index is 1.91. The maximum absolute atomic E-state index is 13.5. The summed E-state index contributed by atoms with van der Waals surface area (Å²) < 4.78 is 85.1. The van der Waals surface area contributed by atoms with E-state index in [4.69, 9.17) is 4.74 Å². The lowest BCUT2D eigenvalue weighted by atomic mass is 10.0. The van der Waals surface area contributed by atoms with Crippen molar-refractivity contribution in [2.75, 3.05) is 33.7 Å². The number of nitrogens with zero attached hydrogens (tertiary/aromatic N) is 4. The van der Waals surface area contributed by atoms with Crippen molar-refractivity contribution in [2.45, 2.75) is 57.5 Å². The van der Waals surface area contributed by atoms with Crippen LogP contribution in [0.4, 0.5) is 31.1 Å². The Morgan fingerprint density at radius 1 is 0.977 bits per heavy atom. The summed E-state index contributed by atoms with van der Waals surface area (Å²) in [4.78, 5) is 45.0. The summed E-state index contributed by atoms with van der Waals surface area (Å²) in [5.41, 5.74) is -2.75. The van der Waals surface area contributed by atoms with Crippen molar-refractivity contribution < 1.29 is 45.5 Å². The molecule has 0 aromatic heterocycles. The number of rotatable bonds is 11. The van der Waals surface area contributed by atoms with Crippen LogP contribution >= 0.6 is 0 Å². The molecule has 0 radical (unpaired) electrons. The van der Waals surface area contributed by atoms with Crippen molar-refractivity contribution in [3.8, 4) is 0 Å². The highest BCUT2D eigenvalue weighted by atomic mass is 19.4. The van der Waals surface area contributed by atoms with E-state index in [0.717, 1.165) is 5.56 Å². The van der Waals surface area contributed by atoms with Crippen LogP contribution in [0, 0.1) is 0 Å². The molecule has 1 aliphatic heterocycles. The molecule has 2 atom stereocenters. The van der Waals surface area contributed by atoms with E-state index in [1.165, 1.54) is 14.7 Å². The molecule has 236 valence electrons. The van der Waals surface area contributed by atoms with Gasteiger partial charge in [0.1, 0.15) is 18.8 Å². The summed E-state index contributed by atoms with van der Waals surface area (Å²) in [6.07, 6.45) is -11.0. The van der Waals surface area contributed by atoms with Crippen molar-refractivity contribution in [1.82, 2.24) is 19.6 Å². The fourth-order valence-corrected chi connectivity index (χ4v) is 4.86. The van der Waals surface area contributed by atoms with Crippen LogP contribution in [0.5, 0.6) is 0 Å². The minimum Gasteiger partial charge on any atom is -0.444 e. The van der Waals surface area contributed by atoms with Gasteiger partial charge in [-0.2, -0.15) is 26.3 Å². The fourth-order valence-electron chi connectivity index (χ4n) is 4.86. The quantitative estimate of drug-likeness (QED) is 0.256. The van der Waals surface area contributed by atoms with Gasteiger partial charge in [-0.05, 0) is 62.8 Å². The molecule has 3 rings (SSSR count). The molecule has 0 bridgehead atoms. The lowest BCUT2D eigenvalue weighted by Gasteiger charge is -2.48. The van der Waals surface area contributed by atoms with E-state index in [-0.39, 0.29) is 38.0 Å². The smallest absolute Gasteiger partial charge is 0.416 e. The molecule has 0 N–H and O–H groups in total. The monoisotopic (exact) mass is 616 g/mol. The molecule has 3 amide bonds. The predicted octanol–water partition coefficient (Wildman–Crippen LogP) is 5.22. The highest BCUT2D eigenvalue weighted by Gasteiger charge is 2.44. The zero-order chi connectivity index (χ0) is 31.9. The first-order valence-corrected chi connectivity index (χ1v) is 13.6. The Hall–Kier alpha value is -3.81. The van der Waals surface area contributed by atoms with Crippen molar-refractivity contribution in [1.29, 1.82) is 0 Å². The van der Waals surface area contributed by atoms with Crippen LogP contribution in [-0.4, -0.2) is 83.9 Å². The van der Waals surface area contributed by atoms with Crippen molar-refractivity contribution in [2.24, 2.45) is 0 Å². The number of amides is 3. The summed E-state index contributed by atoms with van der Waals surface area (Å²) in [5.74, 6) is -0.317. The molecular formula is C29H34F6N4O4. The summed E-state index contributed by atoms with van der Waals surface area (Å²) in [5, 5.41) is 0. The van der Waals surface area contributed by atoms with Crippen LogP contribution in [0.1, 0.15) is 42.0 Å². The second-order valence-electron chi connectivity index (χ2n) is 10.5. The zero-order valence-electron chi connectivity index (χ0n) is 24.0. The molecule has 0 aliphatic carbocycles. The highest BCUT2D eigenvalue weighted by molar-refractivity contribution is 5.85. The minimum atomic E-state index is -5.06. The zero-order valence-corrected chi connectivity index (χ0v) is 24.0. The average Bonchev–Trinajstić information content (AvgIpc) is 2.94. The molecule has 1 aliphatic rings. The van der Waals surface area contributed by atoms with Gasteiger partial charge in [-0.15, -0.1) is 0 Å². The Kier molecular flexibility index (Phi) is 11.1. The second kappa shape index (κ2) is 14.1. The van der Waals surface area contributed by atoms with Crippen LogP contribution in [0.2, 0.25) is 0 Å². The first-order valence-electron chi connectivity index (χ1n) is 13.6. The molecule has 14 heteroatoms. The van der Waals surface area contributed by atoms with E-state index in [1.807, 2.05) is 23.1 Å². The van der Waals surface area contributed by atoms with Gasteiger partial charge in [0.15, 0.2) is 0 Å². The molecule has 1 unspecified atom stereocenters. The summed E-state index contributed by atoms with van der Waals surface area (Å²) in [6, 6.07) is 9.13. The molecular weight excluding hydrogens is 582 g/mol. The van der Waals surface area contributed by atoms with Crippen molar-refractivity contribution in [3.63, 3.8) is 0 Å². The van der Waals surface area contributed by atoms with Gasteiger partial charge in [-0.3, -0.25) is 14.5 Å². The summed E-state index contributed by atoms with van der Waals surface area (Å²) in [7, 11) is 3.60. The van der Waals surface area contributed by atoms with E-state index in [0.29, 0.717) is 31.5 Å². The van der Waals surface area contributed by atoms with E-state index in [1.54, 1.807) is 33.2 Å². The van der Waals surface area contributed by atoms with Gasteiger partial charge in [0.25, 0.3) is 0 Å². The maximum Gasteiger partial charge on any atom is 0.416 e. The number of alkyl halides is 6. The number of halogens is 6. The molecule has 2 aromatic rings. The van der Waals surface area contributed by atoms with Gasteiger partial charge in [-0.1, -0.05) is 37.3 Å². The lowest BCUT2D eigenvalue weighted by molar-refractivity contribution is -0.157. The Morgan fingerprint density at radius 3 is 2.09 bits per heavy atom. The molecule has 8 nitrogen and oxygen atoms in total. The van der Waals surface area contributed by atoms with Crippen molar-refractivity contribution >= 4 is 18.4 Å². The van der Waals surface area contributed by atoms with Gasteiger partial charge in [0.05, 0.1) is 17.7 Å². The number of benzene rings is 2. The fraction of sp³-hybridized carbons (Fsp3) is 0.483. The Labute approximate surface area is 245 Å². The van der Waals surface area contributed by atoms with Gasteiger partial charge in [0.2, 0.25) is 12.3 Å². The number of piperazine rings is 1. The standard InChI is InChI=1S/C29H34F6N4O4/c1-4-11-38(27(42)43-18-21-13-22(28(30,31)32)15-23(14-21)29(33,34)35)25-17-37(16-20-8-6-5-7-9-20)26(41)24(39(25)19-40)10-12-36(2)3/h5-9,13-15,19,24-25H,4,10-12,16-18H2,1-3H3/t24-,25?/m0/s1.